The number of hydrogen-bond acceptors (Lipinski definition) is 2. The van der Waals surface area contributed by atoms with E-state index in [0.717, 1.165) is 14.5 Å². The zero-order valence-corrected chi connectivity index (χ0v) is 9.89. The Kier molecular flexibility index (Phi) is 3.94. The van der Waals surface area contributed by atoms with Gasteiger partial charge in [0, 0.05) is 8.95 Å². The van der Waals surface area contributed by atoms with Crippen molar-refractivity contribution in [3.8, 4) is 12.3 Å². The van der Waals surface area contributed by atoms with Gasteiger partial charge in [-0.2, -0.15) is 0 Å². The fraction of sp³-hybridized carbons (Fsp3) is 0.111. The predicted octanol–water partition coefficient (Wildman–Crippen LogP) is 2.35. The number of nitrogens with two attached hydrogens (primary N) is 1. The van der Waals surface area contributed by atoms with Crippen molar-refractivity contribution >= 4 is 31.9 Å². The Labute approximate surface area is 94.1 Å². The number of terminal acetylenes is 1. The van der Waals surface area contributed by atoms with Crippen molar-refractivity contribution in [3.63, 3.8) is 0 Å². The van der Waals surface area contributed by atoms with Crippen molar-refractivity contribution in [3.05, 3.63) is 32.7 Å². The highest BCUT2D eigenvalue weighted by Crippen LogP contribution is 2.23. The lowest BCUT2D eigenvalue weighted by Crippen LogP contribution is -2.26. The molecule has 1 aromatic carbocycles. The molecule has 4 heteroatoms. The number of hydrogen-bond donors (Lipinski definition) is 2. The Hall–Kier alpha value is -0.340. The monoisotopic (exact) mass is 302 g/mol. The highest BCUT2D eigenvalue weighted by Gasteiger charge is 2.06. The third-order valence-corrected chi connectivity index (χ3v) is 2.47. The number of hydrazine groups is 1. The van der Waals surface area contributed by atoms with Crippen LogP contribution in [0.25, 0.3) is 0 Å². The van der Waals surface area contributed by atoms with Crippen molar-refractivity contribution < 1.29 is 0 Å². The zero-order chi connectivity index (χ0) is 9.84. The smallest absolute Gasteiger partial charge is 0.107 e. The minimum atomic E-state index is -0.256. The minimum absolute atomic E-state index is 0.256. The second kappa shape index (κ2) is 4.77. The molecule has 0 aliphatic rings. The van der Waals surface area contributed by atoms with Crippen molar-refractivity contribution in [2.75, 3.05) is 0 Å². The van der Waals surface area contributed by atoms with Gasteiger partial charge in [0.1, 0.15) is 6.04 Å². The summed E-state index contributed by atoms with van der Waals surface area (Å²) >= 11 is 6.74. The molecule has 0 aromatic heterocycles. The van der Waals surface area contributed by atoms with Gasteiger partial charge in [0.15, 0.2) is 0 Å². The van der Waals surface area contributed by atoms with Gasteiger partial charge in [0.05, 0.1) is 0 Å². The van der Waals surface area contributed by atoms with Crippen LogP contribution >= 0.6 is 31.9 Å². The minimum Gasteiger partial charge on any atom is -0.270 e. The molecule has 0 bridgehead atoms. The first-order valence-electron chi connectivity index (χ1n) is 3.55. The largest absolute Gasteiger partial charge is 0.270 e. The van der Waals surface area contributed by atoms with Crippen LogP contribution in [0.15, 0.2) is 27.1 Å². The summed E-state index contributed by atoms with van der Waals surface area (Å²) in [6, 6.07) is 5.53. The van der Waals surface area contributed by atoms with E-state index in [2.05, 4.69) is 43.2 Å². The molecule has 1 atom stereocenters. The maximum absolute atomic E-state index is 5.29. The molecule has 68 valence electrons. The van der Waals surface area contributed by atoms with E-state index in [9.17, 15) is 0 Å². The maximum atomic E-state index is 5.29. The van der Waals surface area contributed by atoms with Crippen LogP contribution in [0.2, 0.25) is 0 Å². The molecule has 13 heavy (non-hydrogen) atoms. The number of halogens is 2. The van der Waals surface area contributed by atoms with Crippen molar-refractivity contribution in [1.29, 1.82) is 0 Å². The molecular weight excluding hydrogens is 296 g/mol. The fourth-order valence-corrected chi connectivity index (χ4v) is 2.31. The molecule has 0 radical (unpaired) electrons. The Balaban J connectivity index is 3.08. The lowest BCUT2D eigenvalue weighted by atomic mass is 10.1. The van der Waals surface area contributed by atoms with Crippen LogP contribution in [0, 0.1) is 12.3 Å². The molecular formula is C9H8Br2N2. The van der Waals surface area contributed by atoms with Crippen LogP contribution in [0.5, 0.6) is 0 Å². The molecule has 0 spiro atoms. The van der Waals surface area contributed by atoms with Crippen LogP contribution in [-0.4, -0.2) is 0 Å². The lowest BCUT2D eigenvalue weighted by molar-refractivity contribution is 0.673. The van der Waals surface area contributed by atoms with E-state index < -0.39 is 0 Å². The summed E-state index contributed by atoms with van der Waals surface area (Å²) in [5, 5.41) is 0. The molecule has 0 fully saturated rings. The highest BCUT2D eigenvalue weighted by molar-refractivity contribution is 9.11. The summed E-state index contributed by atoms with van der Waals surface area (Å²) in [7, 11) is 0. The molecule has 0 saturated heterocycles. The Morgan fingerprint density at radius 1 is 1.31 bits per heavy atom. The second-order valence-corrected chi connectivity index (χ2v) is 4.30. The summed E-state index contributed by atoms with van der Waals surface area (Å²) in [4.78, 5) is 0. The van der Waals surface area contributed by atoms with E-state index >= 15 is 0 Å². The van der Waals surface area contributed by atoms with Crippen molar-refractivity contribution in [1.82, 2.24) is 5.43 Å². The Bertz CT molecular complexity index is 324. The van der Waals surface area contributed by atoms with Gasteiger partial charge < -0.3 is 0 Å². The number of benzene rings is 1. The second-order valence-electron chi connectivity index (χ2n) is 2.47. The zero-order valence-electron chi connectivity index (χ0n) is 6.72. The summed E-state index contributed by atoms with van der Waals surface area (Å²) in [6.07, 6.45) is 5.29. The summed E-state index contributed by atoms with van der Waals surface area (Å²) in [6.45, 7) is 0. The van der Waals surface area contributed by atoms with Crippen LogP contribution in [0.3, 0.4) is 0 Å². The average molecular weight is 304 g/mol. The van der Waals surface area contributed by atoms with E-state index in [1.54, 1.807) is 0 Å². The molecule has 1 unspecified atom stereocenters. The maximum Gasteiger partial charge on any atom is 0.107 e. The van der Waals surface area contributed by atoms with Crippen LogP contribution in [-0.2, 0) is 0 Å². The quantitative estimate of drug-likeness (QED) is 0.500. The van der Waals surface area contributed by atoms with Crippen LogP contribution in [0.4, 0.5) is 0 Å². The van der Waals surface area contributed by atoms with Gasteiger partial charge in [-0.15, -0.1) is 6.42 Å². The summed E-state index contributed by atoms with van der Waals surface area (Å²) in [5.41, 5.74) is 3.49. The van der Waals surface area contributed by atoms with Gasteiger partial charge in [-0.05, 0) is 23.8 Å². The van der Waals surface area contributed by atoms with Gasteiger partial charge in [-0.3, -0.25) is 5.84 Å². The third kappa shape index (κ3) is 2.82. The molecule has 1 aromatic rings. The van der Waals surface area contributed by atoms with Crippen molar-refractivity contribution in [2.24, 2.45) is 5.84 Å². The topological polar surface area (TPSA) is 38.0 Å². The average Bonchev–Trinajstić information content (AvgIpc) is 2.04. The van der Waals surface area contributed by atoms with Gasteiger partial charge in [0.25, 0.3) is 0 Å². The SMILES string of the molecule is C#CC(NN)c1cc(Br)cc(Br)c1. The first kappa shape index (κ1) is 10.7. The molecule has 0 aliphatic heterocycles. The van der Waals surface area contributed by atoms with E-state index in [-0.39, 0.29) is 6.04 Å². The van der Waals surface area contributed by atoms with E-state index in [1.165, 1.54) is 0 Å². The molecule has 2 nitrogen and oxygen atoms in total. The van der Waals surface area contributed by atoms with E-state index in [4.69, 9.17) is 12.3 Å². The molecule has 0 aliphatic carbocycles. The predicted molar refractivity (Wildman–Crippen MR) is 60.7 cm³/mol. The summed E-state index contributed by atoms with van der Waals surface area (Å²) < 4.78 is 1.93. The lowest BCUT2D eigenvalue weighted by Gasteiger charge is -2.10. The van der Waals surface area contributed by atoms with Crippen molar-refractivity contribution in [2.45, 2.75) is 6.04 Å². The van der Waals surface area contributed by atoms with Gasteiger partial charge in [0.2, 0.25) is 0 Å². The molecule has 3 N–H and O–H groups in total. The third-order valence-electron chi connectivity index (χ3n) is 1.55. The number of nitrogens with one attached hydrogen (secondary N) is 1. The van der Waals surface area contributed by atoms with Crippen LogP contribution < -0.4 is 11.3 Å². The standard InChI is InChI=1S/C9H8Br2N2/c1-2-9(13-12)6-3-7(10)5-8(11)4-6/h1,3-5,9,13H,12H2. The molecule has 0 saturated carbocycles. The molecule has 1 rings (SSSR count). The van der Waals surface area contributed by atoms with E-state index in [0.29, 0.717) is 0 Å². The summed E-state index contributed by atoms with van der Waals surface area (Å²) in [5.74, 6) is 7.84. The fourth-order valence-electron chi connectivity index (χ4n) is 0.982. The van der Waals surface area contributed by atoms with Gasteiger partial charge in [-0.25, -0.2) is 5.43 Å². The first-order chi connectivity index (χ1) is 6.17. The first-order valence-corrected chi connectivity index (χ1v) is 5.14. The van der Waals surface area contributed by atoms with Gasteiger partial charge in [-0.1, -0.05) is 37.8 Å². The van der Waals surface area contributed by atoms with Crippen LogP contribution in [0.1, 0.15) is 11.6 Å². The Morgan fingerprint density at radius 2 is 1.85 bits per heavy atom. The van der Waals surface area contributed by atoms with Gasteiger partial charge >= 0.3 is 0 Å². The number of rotatable bonds is 2. The normalized spacial score (nSPS) is 12.2. The Morgan fingerprint density at radius 3 is 2.23 bits per heavy atom. The highest BCUT2D eigenvalue weighted by atomic mass is 79.9. The van der Waals surface area contributed by atoms with E-state index in [1.807, 2.05) is 18.2 Å². The molecule has 0 amide bonds. The molecule has 0 heterocycles.